The van der Waals surface area contributed by atoms with Crippen LogP contribution in [-0.2, 0) is 4.74 Å². The van der Waals surface area contributed by atoms with Gasteiger partial charge >= 0.3 is 0 Å². The molecule has 3 aromatic rings. The zero-order valence-corrected chi connectivity index (χ0v) is 20.3. The topological polar surface area (TPSA) is 110 Å². The third kappa shape index (κ3) is 6.41. The molecule has 9 nitrogen and oxygen atoms in total. The quantitative estimate of drug-likeness (QED) is 0.395. The summed E-state index contributed by atoms with van der Waals surface area (Å²) in [6.07, 6.45) is 3.32. The standard InChI is InChI=1S/C25H32N6O3/c1-16(20-8-6-18(25(32)26-3)10-22(20)34-5)12-27-24-11-21(29-15-30-24)19-7-9-23(28-13-19)31-17(2)14-33-4/h6-11,13,15-17H,12,14H2,1-5H3,(H,26,32)(H,28,31)(H,27,29,30)/t16-,17?/m1/s1. The van der Waals surface area contributed by atoms with E-state index in [0.717, 1.165) is 22.6 Å². The lowest BCUT2D eigenvalue weighted by Gasteiger charge is -2.17. The first-order valence-corrected chi connectivity index (χ1v) is 11.1. The van der Waals surface area contributed by atoms with Gasteiger partial charge in [-0.3, -0.25) is 4.79 Å². The molecule has 0 aliphatic rings. The molecule has 9 heteroatoms. The molecule has 0 aliphatic heterocycles. The minimum Gasteiger partial charge on any atom is -0.496 e. The number of nitrogens with zero attached hydrogens (tertiary/aromatic N) is 3. The summed E-state index contributed by atoms with van der Waals surface area (Å²) in [5.41, 5.74) is 3.25. The molecule has 0 fully saturated rings. The van der Waals surface area contributed by atoms with E-state index in [-0.39, 0.29) is 17.9 Å². The van der Waals surface area contributed by atoms with Gasteiger partial charge in [-0.25, -0.2) is 15.0 Å². The molecule has 0 bridgehead atoms. The fraction of sp³-hybridized carbons (Fsp3) is 0.360. The van der Waals surface area contributed by atoms with Crippen molar-refractivity contribution in [1.82, 2.24) is 20.3 Å². The van der Waals surface area contributed by atoms with Gasteiger partial charge in [0, 0.05) is 56.1 Å². The van der Waals surface area contributed by atoms with Gasteiger partial charge in [0.15, 0.2) is 0 Å². The maximum absolute atomic E-state index is 11.9. The van der Waals surface area contributed by atoms with Crippen LogP contribution in [0.1, 0.15) is 35.7 Å². The molecule has 3 rings (SSSR count). The molecule has 0 aliphatic carbocycles. The van der Waals surface area contributed by atoms with Crippen LogP contribution in [0.5, 0.6) is 5.75 Å². The number of ether oxygens (including phenoxy) is 2. The van der Waals surface area contributed by atoms with Crippen LogP contribution in [0.4, 0.5) is 11.6 Å². The number of amides is 1. The Hall–Kier alpha value is -3.72. The van der Waals surface area contributed by atoms with Gasteiger partial charge in [-0.05, 0) is 36.8 Å². The molecule has 0 saturated carbocycles. The largest absolute Gasteiger partial charge is 0.496 e. The monoisotopic (exact) mass is 464 g/mol. The fourth-order valence-electron chi connectivity index (χ4n) is 3.56. The zero-order valence-electron chi connectivity index (χ0n) is 20.3. The summed E-state index contributed by atoms with van der Waals surface area (Å²) in [5, 5.41) is 9.29. The van der Waals surface area contributed by atoms with Crippen molar-refractivity contribution in [3.8, 4) is 17.0 Å². The second-order valence-corrected chi connectivity index (χ2v) is 8.04. The highest BCUT2D eigenvalue weighted by Crippen LogP contribution is 2.28. The number of nitrogens with one attached hydrogen (secondary N) is 3. The van der Waals surface area contributed by atoms with Gasteiger partial charge in [0.2, 0.25) is 0 Å². The van der Waals surface area contributed by atoms with E-state index in [1.807, 2.05) is 31.2 Å². The van der Waals surface area contributed by atoms with E-state index in [2.05, 4.69) is 37.8 Å². The normalized spacial score (nSPS) is 12.5. The fourth-order valence-corrected chi connectivity index (χ4v) is 3.56. The number of rotatable bonds is 11. The van der Waals surface area contributed by atoms with Gasteiger partial charge in [-0.2, -0.15) is 0 Å². The molecule has 0 radical (unpaired) electrons. The number of hydrogen-bond donors (Lipinski definition) is 3. The van der Waals surface area contributed by atoms with Crippen molar-refractivity contribution in [3.05, 3.63) is 60.0 Å². The Balaban J connectivity index is 1.66. The van der Waals surface area contributed by atoms with Crippen LogP contribution in [0.2, 0.25) is 0 Å². The molecule has 1 unspecified atom stereocenters. The first-order valence-electron chi connectivity index (χ1n) is 11.1. The smallest absolute Gasteiger partial charge is 0.251 e. The zero-order chi connectivity index (χ0) is 24.5. The van der Waals surface area contributed by atoms with Gasteiger partial charge in [0.05, 0.1) is 19.4 Å². The van der Waals surface area contributed by atoms with E-state index in [4.69, 9.17) is 9.47 Å². The lowest BCUT2D eigenvalue weighted by Crippen LogP contribution is -2.21. The highest BCUT2D eigenvalue weighted by atomic mass is 16.5. The third-order valence-electron chi connectivity index (χ3n) is 5.38. The van der Waals surface area contributed by atoms with E-state index in [1.54, 1.807) is 39.6 Å². The predicted octanol–water partition coefficient (Wildman–Crippen LogP) is 3.57. The van der Waals surface area contributed by atoms with E-state index >= 15 is 0 Å². The average Bonchev–Trinajstić information content (AvgIpc) is 2.87. The van der Waals surface area contributed by atoms with E-state index in [9.17, 15) is 4.79 Å². The summed E-state index contributed by atoms with van der Waals surface area (Å²) in [5.74, 6) is 2.15. The molecule has 0 spiro atoms. The summed E-state index contributed by atoms with van der Waals surface area (Å²) in [4.78, 5) is 25.1. The Morgan fingerprint density at radius 3 is 2.53 bits per heavy atom. The maximum atomic E-state index is 11.9. The van der Waals surface area contributed by atoms with Crippen molar-refractivity contribution in [2.45, 2.75) is 25.8 Å². The van der Waals surface area contributed by atoms with Gasteiger partial charge in [0.25, 0.3) is 5.91 Å². The molecular weight excluding hydrogens is 432 g/mol. The van der Waals surface area contributed by atoms with E-state index < -0.39 is 0 Å². The van der Waals surface area contributed by atoms with Crippen LogP contribution in [0.3, 0.4) is 0 Å². The minimum absolute atomic E-state index is 0.119. The van der Waals surface area contributed by atoms with E-state index in [0.29, 0.717) is 30.3 Å². The molecule has 2 heterocycles. The van der Waals surface area contributed by atoms with Crippen LogP contribution in [-0.4, -0.2) is 61.3 Å². The average molecular weight is 465 g/mol. The molecule has 1 aromatic carbocycles. The molecule has 2 aromatic heterocycles. The Labute approximate surface area is 200 Å². The summed E-state index contributed by atoms with van der Waals surface area (Å²) < 4.78 is 10.7. The molecular formula is C25H32N6O3. The Bertz CT molecular complexity index is 1090. The number of pyridine rings is 1. The molecule has 2 atom stereocenters. The van der Waals surface area contributed by atoms with Crippen molar-refractivity contribution < 1.29 is 14.3 Å². The van der Waals surface area contributed by atoms with Crippen molar-refractivity contribution in [1.29, 1.82) is 0 Å². The number of aromatic nitrogens is 3. The maximum Gasteiger partial charge on any atom is 0.251 e. The van der Waals surface area contributed by atoms with Gasteiger partial charge < -0.3 is 25.4 Å². The number of anilines is 2. The SMILES string of the molecule is CNC(=O)c1ccc([C@H](C)CNc2cc(-c3ccc(NC(C)COC)nc3)ncn2)c(OC)c1. The molecule has 3 N–H and O–H groups in total. The van der Waals surface area contributed by atoms with Crippen molar-refractivity contribution >= 4 is 17.5 Å². The van der Waals surface area contributed by atoms with Crippen LogP contribution >= 0.6 is 0 Å². The number of hydrogen-bond acceptors (Lipinski definition) is 8. The second-order valence-electron chi connectivity index (χ2n) is 8.04. The summed E-state index contributed by atoms with van der Waals surface area (Å²) >= 11 is 0. The van der Waals surface area contributed by atoms with Crippen molar-refractivity contribution in [2.24, 2.45) is 0 Å². The Morgan fingerprint density at radius 1 is 1.03 bits per heavy atom. The molecule has 34 heavy (non-hydrogen) atoms. The number of methoxy groups -OCH3 is 2. The molecule has 0 saturated heterocycles. The minimum atomic E-state index is -0.146. The van der Waals surface area contributed by atoms with Crippen LogP contribution < -0.4 is 20.7 Å². The lowest BCUT2D eigenvalue weighted by molar-refractivity contribution is 0.0962. The van der Waals surface area contributed by atoms with E-state index in [1.165, 1.54) is 6.33 Å². The molecule has 1 amide bonds. The van der Waals surface area contributed by atoms with Gasteiger partial charge in [0.1, 0.15) is 23.7 Å². The summed E-state index contributed by atoms with van der Waals surface area (Å²) in [7, 11) is 4.89. The van der Waals surface area contributed by atoms with Gasteiger partial charge in [-0.15, -0.1) is 0 Å². The lowest BCUT2D eigenvalue weighted by atomic mass is 9.98. The number of benzene rings is 1. The van der Waals surface area contributed by atoms with Crippen LogP contribution in [0.25, 0.3) is 11.3 Å². The van der Waals surface area contributed by atoms with Gasteiger partial charge in [-0.1, -0.05) is 13.0 Å². The highest BCUT2D eigenvalue weighted by molar-refractivity contribution is 5.94. The highest BCUT2D eigenvalue weighted by Gasteiger charge is 2.15. The predicted molar refractivity (Wildman–Crippen MR) is 134 cm³/mol. The number of carbonyl (C=O) groups is 1. The third-order valence-corrected chi connectivity index (χ3v) is 5.38. The summed E-state index contributed by atoms with van der Waals surface area (Å²) in [6, 6.07) is 11.5. The number of carbonyl (C=O) groups excluding carboxylic acids is 1. The Morgan fingerprint density at radius 2 is 1.85 bits per heavy atom. The van der Waals surface area contributed by atoms with Crippen molar-refractivity contribution in [3.63, 3.8) is 0 Å². The van der Waals surface area contributed by atoms with Crippen LogP contribution in [0, 0.1) is 0 Å². The second kappa shape index (κ2) is 11.9. The van der Waals surface area contributed by atoms with Crippen LogP contribution in [0.15, 0.2) is 48.9 Å². The van der Waals surface area contributed by atoms with Crippen molar-refractivity contribution in [2.75, 3.05) is 45.1 Å². The first-order chi connectivity index (χ1) is 16.4. The first kappa shape index (κ1) is 24.9. The Kier molecular flexibility index (Phi) is 8.75. The molecule has 180 valence electrons. The summed E-state index contributed by atoms with van der Waals surface area (Å²) in [6.45, 7) is 5.36.